The molecule has 3 aromatic rings. The third kappa shape index (κ3) is 4.36. The number of amides is 1. The monoisotopic (exact) mass is 462 g/mol. The molecule has 2 aromatic carbocycles. The molecule has 8 heteroatoms. The summed E-state index contributed by atoms with van der Waals surface area (Å²) in [7, 11) is -3.54. The lowest BCUT2D eigenvalue weighted by Crippen LogP contribution is -2.42. The highest BCUT2D eigenvalue weighted by Crippen LogP contribution is 2.28. The molecule has 170 valence electrons. The van der Waals surface area contributed by atoms with Crippen LogP contribution in [0.5, 0.6) is 0 Å². The molecule has 5 rings (SSSR count). The molecular formula is C25H26N4O3S. The maximum absolute atomic E-state index is 13.2. The minimum Gasteiger partial charge on any atom is -0.367 e. The number of anilines is 1. The van der Waals surface area contributed by atoms with Crippen molar-refractivity contribution in [1.82, 2.24) is 14.6 Å². The maximum Gasteiger partial charge on any atom is 0.251 e. The summed E-state index contributed by atoms with van der Waals surface area (Å²) in [5.41, 5.74) is 4.66. The van der Waals surface area contributed by atoms with Crippen LogP contribution in [0.1, 0.15) is 34.3 Å². The lowest BCUT2D eigenvalue weighted by molar-refractivity contribution is 0.0965. The molecule has 0 spiro atoms. The molecule has 0 atom stereocenters. The fraction of sp³-hybridized carbons (Fsp3) is 0.280. The topological polar surface area (TPSA) is 91.4 Å². The van der Waals surface area contributed by atoms with Crippen molar-refractivity contribution in [2.24, 2.45) is 0 Å². The molecule has 0 unspecified atom stereocenters. The van der Waals surface area contributed by atoms with E-state index in [9.17, 15) is 13.2 Å². The lowest BCUT2D eigenvalue weighted by atomic mass is 10.0. The predicted octanol–water partition coefficient (Wildman–Crippen LogP) is 3.57. The molecule has 1 amide bonds. The van der Waals surface area contributed by atoms with Crippen LogP contribution in [0.2, 0.25) is 0 Å². The van der Waals surface area contributed by atoms with Crippen LogP contribution in [0.15, 0.2) is 65.7 Å². The summed E-state index contributed by atoms with van der Waals surface area (Å²) in [4.78, 5) is 16.4. The van der Waals surface area contributed by atoms with Gasteiger partial charge >= 0.3 is 0 Å². The van der Waals surface area contributed by atoms with Crippen LogP contribution in [0.4, 0.5) is 5.82 Å². The first-order chi connectivity index (χ1) is 15.9. The quantitative estimate of drug-likeness (QED) is 0.605. The number of aromatic nitrogens is 1. The number of nitrogens with one attached hydrogen (secondary N) is 2. The lowest BCUT2D eigenvalue weighted by Gasteiger charge is -2.32. The number of benzene rings is 2. The van der Waals surface area contributed by atoms with Gasteiger partial charge in [-0.15, -0.1) is 0 Å². The Morgan fingerprint density at radius 1 is 1.00 bits per heavy atom. The first-order valence-electron chi connectivity index (χ1n) is 11.1. The Morgan fingerprint density at radius 2 is 1.73 bits per heavy atom. The second-order valence-electron chi connectivity index (χ2n) is 8.62. The number of carbonyl (C=O) groups excluding carboxylic acids is 1. The van der Waals surface area contributed by atoms with Crippen LogP contribution < -0.4 is 10.6 Å². The minimum absolute atomic E-state index is 0.0490. The van der Waals surface area contributed by atoms with Gasteiger partial charge in [0.15, 0.2) is 0 Å². The van der Waals surface area contributed by atoms with E-state index < -0.39 is 10.0 Å². The average Bonchev–Trinajstić information content (AvgIpc) is 3.21. The summed E-state index contributed by atoms with van der Waals surface area (Å²) in [5.74, 6) is 0.774. The SMILES string of the molecule is Cc1ccc(NC2CCN(S(=O)(=O)c3ccc(-c4ccc5c(c4)CNC5=O)cc3)CC2)nc1. The summed E-state index contributed by atoms with van der Waals surface area (Å²) < 4.78 is 27.9. The van der Waals surface area contributed by atoms with Crippen LogP contribution in [0.25, 0.3) is 11.1 Å². The fourth-order valence-electron chi connectivity index (χ4n) is 4.38. The van der Waals surface area contributed by atoms with Crippen LogP contribution >= 0.6 is 0 Å². The Bertz CT molecular complexity index is 1280. The number of aryl methyl sites for hydroxylation is 1. The molecule has 3 heterocycles. The Kier molecular flexibility index (Phi) is 5.64. The fourth-order valence-corrected chi connectivity index (χ4v) is 5.85. The van der Waals surface area contributed by atoms with Crippen LogP contribution in [0, 0.1) is 6.92 Å². The Balaban J connectivity index is 1.25. The van der Waals surface area contributed by atoms with Crippen molar-refractivity contribution in [3.05, 3.63) is 77.5 Å². The largest absolute Gasteiger partial charge is 0.367 e. The van der Waals surface area contributed by atoms with E-state index in [1.54, 1.807) is 16.4 Å². The molecule has 0 saturated carbocycles. The van der Waals surface area contributed by atoms with Crippen LogP contribution in [-0.4, -0.2) is 42.7 Å². The van der Waals surface area contributed by atoms with Gasteiger partial charge in [0.2, 0.25) is 10.0 Å². The molecule has 2 aliphatic heterocycles. The van der Waals surface area contributed by atoms with E-state index in [2.05, 4.69) is 15.6 Å². The number of fused-ring (bicyclic) bond motifs is 1. The zero-order valence-corrected chi connectivity index (χ0v) is 19.2. The number of sulfonamides is 1. The normalized spacial score (nSPS) is 16.9. The van der Waals surface area contributed by atoms with E-state index >= 15 is 0 Å². The highest BCUT2D eigenvalue weighted by atomic mass is 32.2. The Morgan fingerprint density at radius 3 is 2.42 bits per heavy atom. The van der Waals surface area contributed by atoms with Gasteiger partial charge < -0.3 is 10.6 Å². The van der Waals surface area contributed by atoms with Gasteiger partial charge in [-0.25, -0.2) is 13.4 Å². The van der Waals surface area contributed by atoms with Crippen molar-refractivity contribution in [2.45, 2.75) is 37.2 Å². The van der Waals surface area contributed by atoms with E-state index in [4.69, 9.17) is 0 Å². The molecule has 0 aliphatic carbocycles. The number of pyridine rings is 1. The van der Waals surface area contributed by atoms with Crippen molar-refractivity contribution in [1.29, 1.82) is 0 Å². The third-order valence-corrected chi connectivity index (χ3v) is 8.24. The van der Waals surface area contributed by atoms with Gasteiger partial charge in [0.05, 0.1) is 4.90 Å². The molecule has 0 radical (unpaired) electrons. The summed E-state index contributed by atoms with van der Waals surface area (Å²) in [6.45, 7) is 3.47. The molecular weight excluding hydrogens is 436 g/mol. The van der Waals surface area contributed by atoms with Gasteiger partial charge in [0.1, 0.15) is 5.82 Å². The minimum atomic E-state index is -3.54. The zero-order valence-electron chi connectivity index (χ0n) is 18.4. The highest BCUT2D eigenvalue weighted by molar-refractivity contribution is 7.89. The van der Waals surface area contributed by atoms with Crippen molar-refractivity contribution in [2.75, 3.05) is 18.4 Å². The van der Waals surface area contributed by atoms with Crippen molar-refractivity contribution >= 4 is 21.7 Å². The summed E-state index contributed by atoms with van der Waals surface area (Å²) in [6.07, 6.45) is 3.29. The summed E-state index contributed by atoms with van der Waals surface area (Å²) in [5, 5.41) is 6.22. The van der Waals surface area contributed by atoms with E-state index in [1.807, 2.05) is 55.6 Å². The second kappa shape index (κ2) is 8.61. The van der Waals surface area contributed by atoms with Gasteiger partial charge in [-0.05, 0) is 72.4 Å². The van der Waals surface area contributed by atoms with Gasteiger partial charge in [-0.3, -0.25) is 4.79 Å². The second-order valence-corrected chi connectivity index (χ2v) is 10.6. The zero-order chi connectivity index (χ0) is 23.0. The maximum atomic E-state index is 13.2. The molecule has 7 nitrogen and oxygen atoms in total. The molecule has 2 N–H and O–H groups in total. The average molecular weight is 463 g/mol. The summed E-state index contributed by atoms with van der Waals surface area (Å²) in [6, 6.07) is 16.9. The number of hydrogen-bond acceptors (Lipinski definition) is 5. The standard InChI is InChI=1S/C25H26N4O3S/c1-17-2-9-24(26-15-17)28-21-10-12-29(13-11-21)33(31,32)22-6-3-18(4-7-22)19-5-8-23-20(14-19)16-27-25(23)30/h2-9,14-15,21H,10-13,16H2,1H3,(H,26,28)(H,27,30). The van der Waals surface area contributed by atoms with E-state index in [1.165, 1.54) is 0 Å². The van der Waals surface area contributed by atoms with Crippen molar-refractivity contribution < 1.29 is 13.2 Å². The van der Waals surface area contributed by atoms with Crippen molar-refractivity contribution in [3.63, 3.8) is 0 Å². The van der Waals surface area contributed by atoms with E-state index in [0.717, 1.165) is 40.9 Å². The first-order valence-corrected chi connectivity index (χ1v) is 12.5. The molecule has 2 aliphatic rings. The van der Waals surface area contributed by atoms with Crippen molar-refractivity contribution in [3.8, 4) is 11.1 Å². The Hall–Kier alpha value is -3.23. The van der Waals surface area contributed by atoms with Crippen LogP contribution in [-0.2, 0) is 16.6 Å². The number of carbonyl (C=O) groups is 1. The van der Waals surface area contributed by atoms with Gasteiger partial charge in [-0.1, -0.05) is 24.3 Å². The molecule has 1 fully saturated rings. The predicted molar refractivity (Wildman–Crippen MR) is 127 cm³/mol. The molecule has 33 heavy (non-hydrogen) atoms. The van der Waals surface area contributed by atoms with Gasteiger partial charge in [-0.2, -0.15) is 4.31 Å². The smallest absolute Gasteiger partial charge is 0.251 e. The number of hydrogen-bond donors (Lipinski definition) is 2. The first kappa shape index (κ1) is 21.6. The molecule has 0 bridgehead atoms. The Labute approximate surface area is 193 Å². The molecule has 1 aromatic heterocycles. The molecule has 1 saturated heterocycles. The van der Waals surface area contributed by atoms with E-state index in [-0.39, 0.29) is 11.9 Å². The van der Waals surface area contributed by atoms with Gasteiger partial charge in [0.25, 0.3) is 5.91 Å². The van der Waals surface area contributed by atoms with Crippen LogP contribution in [0.3, 0.4) is 0 Å². The third-order valence-electron chi connectivity index (χ3n) is 6.33. The number of nitrogens with zero attached hydrogens (tertiary/aromatic N) is 2. The number of rotatable bonds is 5. The highest BCUT2D eigenvalue weighted by Gasteiger charge is 2.29. The van der Waals surface area contributed by atoms with E-state index in [0.29, 0.717) is 30.1 Å². The number of piperidine rings is 1. The van der Waals surface area contributed by atoms with Gasteiger partial charge in [0, 0.05) is 37.4 Å². The summed E-state index contributed by atoms with van der Waals surface area (Å²) >= 11 is 0.